The maximum Gasteiger partial charge on any atom is 0.322 e. The number of sulfonamides is 1. The largest absolute Gasteiger partial charge is 0.468 e. The number of ether oxygens (including phenoxy) is 1. The highest BCUT2D eigenvalue weighted by molar-refractivity contribution is 7.89. The Morgan fingerprint density at radius 2 is 2.00 bits per heavy atom. The fourth-order valence-corrected chi connectivity index (χ4v) is 3.71. The number of hydrogen-bond donors (Lipinski definition) is 1. The molecular formula is C10H20N2O4S. The number of piperidine rings is 1. The minimum absolute atomic E-state index is 0.00379. The molecule has 0 spiro atoms. The lowest BCUT2D eigenvalue weighted by molar-refractivity contribution is -0.137. The van der Waals surface area contributed by atoms with Gasteiger partial charge in [-0.1, -0.05) is 6.92 Å². The van der Waals surface area contributed by atoms with Crippen molar-refractivity contribution in [3.63, 3.8) is 0 Å². The Kier molecular flexibility index (Phi) is 5.35. The molecule has 0 unspecified atom stereocenters. The molecule has 0 aliphatic carbocycles. The van der Waals surface area contributed by atoms with Crippen LogP contribution < -0.4 is 5.32 Å². The summed E-state index contributed by atoms with van der Waals surface area (Å²) in [6.07, 6.45) is 1.57. The van der Waals surface area contributed by atoms with Crippen molar-refractivity contribution in [1.82, 2.24) is 9.62 Å². The smallest absolute Gasteiger partial charge is 0.322 e. The van der Waals surface area contributed by atoms with E-state index in [0.717, 1.165) is 25.9 Å². The van der Waals surface area contributed by atoms with Gasteiger partial charge in [0.25, 0.3) is 0 Å². The molecule has 0 aromatic heterocycles. The molecule has 17 heavy (non-hydrogen) atoms. The monoisotopic (exact) mass is 264 g/mol. The number of methoxy groups -OCH3 is 1. The van der Waals surface area contributed by atoms with E-state index in [1.54, 1.807) is 6.92 Å². The lowest BCUT2D eigenvalue weighted by Crippen LogP contribution is -2.47. The Balaban J connectivity index is 2.73. The molecule has 1 N–H and O–H groups in total. The molecular weight excluding hydrogens is 244 g/mol. The first kappa shape index (κ1) is 14.4. The lowest BCUT2D eigenvalue weighted by atomic mass is 10.1. The van der Waals surface area contributed by atoms with Crippen LogP contribution in [0.1, 0.15) is 19.8 Å². The van der Waals surface area contributed by atoms with Gasteiger partial charge in [-0.2, -0.15) is 4.31 Å². The summed E-state index contributed by atoms with van der Waals surface area (Å²) in [5, 5.41) is 3.18. The molecule has 6 nitrogen and oxygen atoms in total. The number of rotatable bonds is 5. The van der Waals surface area contributed by atoms with Crippen LogP contribution in [-0.4, -0.2) is 57.2 Å². The van der Waals surface area contributed by atoms with Crippen LogP contribution in [0.25, 0.3) is 0 Å². The van der Waals surface area contributed by atoms with Gasteiger partial charge in [-0.15, -0.1) is 0 Å². The van der Waals surface area contributed by atoms with Crippen molar-refractivity contribution in [2.45, 2.75) is 25.8 Å². The van der Waals surface area contributed by atoms with E-state index >= 15 is 0 Å². The van der Waals surface area contributed by atoms with Crippen LogP contribution in [-0.2, 0) is 19.6 Å². The minimum Gasteiger partial charge on any atom is -0.468 e. The first-order valence-electron chi connectivity index (χ1n) is 5.78. The van der Waals surface area contributed by atoms with Crippen LogP contribution in [0, 0.1) is 0 Å². The number of nitrogens with zero attached hydrogens (tertiary/aromatic N) is 1. The van der Waals surface area contributed by atoms with Crippen molar-refractivity contribution in [2.75, 3.05) is 32.5 Å². The molecule has 0 saturated carbocycles. The molecule has 1 fully saturated rings. The molecule has 1 saturated heterocycles. The second kappa shape index (κ2) is 6.32. The van der Waals surface area contributed by atoms with Crippen molar-refractivity contribution < 1.29 is 17.9 Å². The number of nitrogens with one attached hydrogen (secondary N) is 1. The SMILES string of the molecule is CCN(C1CCNCC1)S(=O)(=O)CC(=O)OC. The quantitative estimate of drug-likeness (QED) is 0.682. The predicted octanol–water partition coefficient (Wildman–Crippen LogP) is -0.437. The van der Waals surface area contributed by atoms with Gasteiger partial charge in [0.1, 0.15) is 0 Å². The molecule has 0 bridgehead atoms. The first-order valence-corrected chi connectivity index (χ1v) is 7.39. The van der Waals surface area contributed by atoms with E-state index in [0.29, 0.717) is 6.54 Å². The molecule has 0 atom stereocenters. The van der Waals surface area contributed by atoms with Crippen LogP contribution in [0.3, 0.4) is 0 Å². The van der Waals surface area contributed by atoms with Gasteiger partial charge >= 0.3 is 5.97 Å². The minimum atomic E-state index is -3.55. The zero-order chi connectivity index (χ0) is 12.9. The predicted molar refractivity (Wildman–Crippen MR) is 64.1 cm³/mol. The summed E-state index contributed by atoms with van der Waals surface area (Å²) in [5.41, 5.74) is 0. The number of hydrogen-bond acceptors (Lipinski definition) is 5. The average Bonchev–Trinajstić information content (AvgIpc) is 2.30. The Bertz CT molecular complexity index is 349. The highest BCUT2D eigenvalue weighted by Gasteiger charge is 2.31. The summed E-state index contributed by atoms with van der Waals surface area (Å²) >= 11 is 0. The maximum atomic E-state index is 12.0. The Labute approximate surface area is 102 Å². The number of carbonyl (C=O) groups is 1. The Morgan fingerprint density at radius 3 is 2.47 bits per heavy atom. The van der Waals surface area contributed by atoms with Crippen molar-refractivity contribution in [1.29, 1.82) is 0 Å². The molecule has 1 aliphatic rings. The summed E-state index contributed by atoms with van der Waals surface area (Å²) < 4.78 is 29.9. The van der Waals surface area contributed by atoms with Crippen LogP contribution in [0.5, 0.6) is 0 Å². The molecule has 1 heterocycles. The zero-order valence-corrected chi connectivity index (χ0v) is 11.1. The highest BCUT2D eigenvalue weighted by atomic mass is 32.2. The van der Waals surface area contributed by atoms with Gasteiger partial charge in [-0.3, -0.25) is 4.79 Å². The zero-order valence-electron chi connectivity index (χ0n) is 10.3. The fraction of sp³-hybridized carbons (Fsp3) is 0.900. The van der Waals surface area contributed by atoms with E-state index in [2.05, 4.69) is 10.1 Å². The summed E-state index contributed by atoms with van der Waals surface area (Å²) in [7, 11) is -2.36. The van der Waals surface area contributed by atoms with E-state index in [-0.39, 0.29) is 6.04 Å². The van der Waals surface area contributed by atoms with Gasteiger partial charge in [-0.05, 0) is 25.9 Å². The molecule has 1 rings (SSSR count). The third-order valence-electron chi connectivity index (χ3n) is 2.91. The maximum absolute atomic E-state index is 12.0. The van der Waals surface area contributed by atoms with E-state index in [1.807, 2.05) is 0 Å². The van der Waals surface area contributed by atoms with Gasteiger partial charge in [0.15, 0.2) is 5.75 Å². The number of esters is 1. The van der Waals surface area contributed by atoms with Crippen molar-refractivity contribution in [3.05, 3.63) is 0 Å². The van der Waals surface area contributed by atoms with Crippen LogP contribution in [0.15, 0.2) is 0 Å². The fourth-order valence-electron chi connectivity index (χ4n) is 2.07. The van der Waals surface area contributed by atoms with Gasteiger partial charge in [0.2, 0.25) is 10.0 Å². The van der Waals surface area contributed by atoms with Gasteiger partial charge in [-0.25, -0.2) is 8.42 Å². The molecule has 0 radical (unpaired) electrons. The average molecular weight is 264 g/mol. The van der Waals surface area contributed by atoms with E-state index in [9.17, 15) is 13.2 Å². The molecule has 7 heteroatoms. The van der Waals surface area contributed by atoms with Crippen molar-refractivity contribution in [2.24, 2.45) is 0 Å². The van der Waals surface area contributed by atoms with Crippen molar-refractivity contribution in [3.8, 4) is 0 Å². The summed E-state index contributed by atoms with van der Waals surface area (Å²) in [4.78, 5) is 11.1. The third kappa shape index (κ3) is 3.93. The Hall–Kier alpha value is -0.660. The number of carbonyl (C=O) groups excluding carboxylic acids is 1. The second-order valence-corrected chi connectivity index (χ2v) is 5.94. The lowest BCUT2D eigenvalue weighted by Gasteiger charge is -2.32. The van der Waals surface area contributed by atoms with Crippen LogP contribution in [0.4, 0.5) is 0 Å². The summed E-state index contributed by atoms with van der Waals surface area (Å²) in [6, 6.07) is -0.00379. The topological polar surface area (TPSA) is 75.7 Å². The third-order valence-corrected chi connectivity index (χ3v) is 4.78. The molecule has 0 aromatic rings. The summed E-state index contributed by atoms with van der Waals surface area (Å²) in [5.74, 6) is -1.28. The molecule has 100 valence electrons. The second-order valence-electron chi connectivity index (χ2n) is 4.02. The Morgan fingerprint density at radius 1 is 1.41 bits per heavy atom. The molecule has 0 aromatic carbocycles. The van der Waals surface area contributed by atoms with Gasteiger partial charge in [0, 0.05) is 12.6 Å². The summed E-state index contributed by atoms with van der Waals surface area (Å²) in [6.45, 7) is 3.81. The standard InChI is InChI=1S/C10H20N2O4S/c1-3-12(9-4-6-11-7-5-9)17(14,15)8-10(13)16-2/h9,11H,3-8H2,1-2H3. The van der Waals surface area contributed by atoms with E-state index in [4.69, 9.17) is 0 Å². The molecule has 0 amide bonds. The van der Waals surface area contributed by atoms with Crippen LogP contribution >= 0.6 is 0 Å². The van der Waals surface area contributed by atoms with E-state index in [1.165, 1.54) is 11.4 Å². The van der Waals surface area contributed by atoms with Crippen molar-refractivity contribution >= 4 is 16.0 Å². The van der Waals surface area contributed by atoms with Gasteiger partial charge in [0.05, 0.1) is 7.11 Å². The van der Waals surface area contributed by atoms with Gasteiger partial charge < -0.3 is 10.1 Å². The first-order chi connectivity index (χ1) is 8.01. The van der Waals surface area contributed by atoms with Crippen LogP contribution in [0.2, 0.25) is 0 Å². The van der Waals surface area contributed by atoms with E-state index < -0.39 is 21.7 Å². The normalized spacial score (nSPS) is 18.3. The highest BCUT2D eigenvalue weighted by Crippen LogP contribution is 2.16. The molecule has 1 aliphatic heterocycles.